The van der Waals surface area contributed by atoms with Crippen LogP contribution in [0.3, 0.4) is 0 Å². The lowest BCUT2D eigenvalue weighted by Gasteiger charge is -2.31. The zero-order valence-corrected chi connectivity index (χ0v) is 18.0. The van der Waals surface area contributed by atoms with Crippen LogP contribution in [0.25, 0.3) is 0 Å². The van der Waals surface area contributed by atoms with E-state index in [1.54, 1.807) is 4.90 Å². The minimum absolute atomic E-state index is 0.0251. The Kier molecular flexibility index (Phi) is 8.58. The summed E-state index contributed by atoms with van der Waals surface area (Å²) in [7, 11) is 0. The molecule has 0 aliphatic carbocycles. The summed E-state index contributed by atoms with van der Waals surface area (Å²) in [6, 6.07) is 17.4. The topological polar surface area (TPSA) is 49.4 Å². The number of hydrogen-bond acceptors (Lipinski definition) is 3. The molecule has 150 valence electrons. The van der Waals surface area contributed by atoms with E-state index in [0.717, 1.165) is 16.0 Å². The lowest BCUT2D eigenvalue weighted by atomic mass is 10.1. The van der Waals surface area contributed by atoms with Crippen LogP contribution < -0.4 is 5.32 Å². The van der Waals surface area contributed by atoms with Gasteiger partial charge in [-0.2, -0.15) is 0 Å². The van der Waals surface area contributed by atoms with Crippen LogP contribution in [0.1, 0.15) is 38.3 Å². The van der Waals surface area contributed by atoms with Crippen LogP contribution in [0, 0.1) is 6.92 Å². The maximum atomic E-state index is 13.1. The van der Waals surface area contributed by atoms with Gasteiger partial charge in [0.2, 0.25) is 11.8 Å². The molecular weight excluding hydrogens is 368 g/mol. The minimum atomic E-state index is -0.481. The zero-order chi connectivity index (χ0) is 20.5. The third-order valence-electron chi connectivity index (χ3n) is 4.52. The van der Waals surface area contributed by atoms with Crippen molar-refractivity contribution in [1.82, 2.24) is 10.2 Å². The standard InChI is InChI=1S/C23H30N2O2S/c1-5-21(23(27)24-17(2)3)25(15-19-12-10-9-11-18(19)4)22(26)16-28-20-13-7-6-8-14-20/h6-14,17,21H,5,15-16H2,1-4H3,(H,24,27)/t21-/m0/s1. The Balaban J connectivity index is 2.22. The van der Waals surface area contributed by atoms with Gasteiger partial charge in [-0.3, -0.25) is 9.59 Å². The molecule has 0 heterocycles. The van der Waals surface area contributed by atoms with Crippen molar-refractivity contribution in [2.75, 3.05) is 5.75 Å². The van der Waals surface area contributed by atoms with E-state index >= 15 is 0 Å². The molecule has 0 aromatic heterocycles. The predicted molar refractivity (Wildman–Crippen MR) is 116 cm³/mol. The fourth-order valence-corrected chi connectivity index (χ4v) is 3.82. The van der Waals surface area contributed by atoms with Crippen molar-refractivity contribution < 1.29 is 9.59 Å². The SMILES string of the molecule is CC[C@@H](C(=O)NC(C)C)N(Cc1ccccc1C)C(=O)CSc1ccccc1. The number of rotatable bonds is 9. The van der Waals surface area contributed by atoms with E-state index in [4.69, 9.17) is 0 Å². The molecule has 0 fully saturated rings. The maximum absolute atomic E-state index is 13.1. The molecule has 5 heteroatoms. The highest BCUT2D eigenvalue weighted by Crippen LogP contribution is 2.21. The Bertz CT molecular complexity index is 777. The highest BCUT2D eigenvalue weighted by Gasteiger charge is 2.29. The van der Waals surface area contributed by atoms with Crippen molar-refractivity contribution in [3.8, 4) is 0 Å². The molecule has 2 aromatic rings. The number of benzene rings is 2. The molecule has 0 saturated carbocycles. The summed E-state index contributed by atoms with van der Waals surface area (Å²) in [5.74, 6) is 0.188. The van der Waals surface area contributed by atoms with Gasteiger partial charge in [-0.15, -0.1) is 11.8 Å². The van der Waals surface area contributed by atoms with Crippen LogP contribution in [0.15, 0.2) is 59.5 Å². The highest BCUT2D eigenvalue weighted by molar-refractivity contribution is 8.00. The van der Waals surface area contributed by atoms with Crippen LogP contribution in [0.2, 0.25) is 0 Å². The van der Waals surface area contributed by atoms with Crippen LogP contribution in [-0.2, 0) is 16.1 Å². The van der Waals surface area contributed by atoms with E-state index in [2.05, 4.69) is 5.32 Å². The van der Waals surface area contributed by atoms with Gasteiger partial charge in [0.25, 0.3) is 0 Å². The molecule has 2 aromatic carbocycles. The second-order valence-electron chi connectivity index (χ2n) is 7.14. The predicted octanol–water partition coefficient (Wildman–Crippen LogP) is 4.42. The van der Waals surface area contributed by atoms with Crippen LogP contribution in [0.4, 0.5) is 0 Å². The second-order valence-corrected chi connectivity index (χ2v) is 8.19. The van der Waals surface area contributed by atoms with Crippen LogP contribution in [0.5, 0.6) is 0 Å². The summed E-state index contributed by atoms with van der Waals surface area (Å²) < 4.78 is 0. The first-order valence-corrected chi connectivity index (χ1v) is 10.7. The first-order valence-electron chi connectivity index (χ1n) is 9.74. The second kappa shape index (κ2) is 10.9. The number of carbonyl (C=O) groups is 2. The Labute approximate surface area is 172 Å². The van der Waals surface area contributed by atoms with Gasteiger partial charge >= 0.3 is 0 Å². The first kappa shape index (κ1) is 22.0. The average Bonchev–Trinajstić information content (AvgIpc) is 2.67. The molecule has 1 N–H and O–H groups in total. The monoisotopic (exact) mass is 398 g/mol. The summed E-state index contributed by atoms with van der Waals surface area (Å²) in [6.07, 6.45) is 0.576. The van der Waals surface area contributed by atoms with Crippen molar-refractivity contribution in [3.63, 3.8) is 0 Å². The molecule has 0 bridgehead atoms. The van der Waals surface area contributed by atoms with E-state index in [1.165, 1.54) is 11.8 Å². The number of nitrogens with one attached hydrogen (secondary N) is 1. The summed E-state index contributed by atoms with van der Waals surface area (Å²) in [5, 5.41) is 2.96. The van der Waals surface area contributed by atoms with Crippen molar-refractivity contribution in [1.29, 1.82) is 0 Å². The summed E-state index contributed by atoms with van der Waals surface area (Å²) in [4.78, 5) is 28.7. The van der Waals surface area contributed by atoms with Gasteiger partial charge in [-0.05, 0) is 50.5 Å². The van der Waals surface area contributed by atoms with Gasteiger partial charge in [-0.25, -0.2) is 0 Å². The fourth-order valence-electron chi connectivity index (χ4n) is 3.02. The zero-order valence-electron chi connectivity index (χ0n) is 17.1. The smallest absolute Gasteiger partial charge is 0.243 e. The van der Waals surface area contributed by atoms with Crippen molar-refractivity contribution in [2.24, 2.45) is 0 Å². The molecule has 0 radical (unpaired) electrons. The van der Waals surface area contributed by atoms with Gasteiger partial charge < -0.3 is 10.2 Å². The minimum Gasteiger partial charge on any atom is -0.352 e. The van der Waals surface area contributed by atoms with E-state index in [0.29, 0.717) is 18.7 Å². The normalized spacial score (nSPS) is 11.9. The Morgan fingerprint density at radius 2 is 1.68 bits per heavy atom. The molecule has 0 unspecified atom stereocenters. The number of carbonyl (C=O) groups excluding carboxylic acids is 2. The molecular formula is C23H30N2O2S. The quantitative estimate of drug-likeness (QED) is 0.636. The molecule has 0 saturated heterocycles. The largest absolute Gasteiger partial charge is 0.352 e. The number of nitrogens with zero attached hydrogens (tertiary/aromatic N) is 1. The van der Waals surface area contributed by atoms with Gasteiger partial charge in [0.15, 0.2) is 0 Å². The Morgan fingerprint density at radius 3 is 2.29 bits per heavy atom. The molecule has 4 nitrogen and oxygen atoms in total. The van der Waals surface area contributed by atoms with E-state index in [9.17, 15) is 9.59 Å². The molecule has 0 aliphatic rings. The third kappa shape index (κ3) is 6.41. The van der Waals surface area contributed by atoms with Crippen molar-refractivity contribution in [2.45, 2.75) is 57.6 Å². The maximum Gasteiger partial charge on any atom is 0.243 e. The third-order valence-corrected chi connectivity index (χ3v) is 5.52. The van der Waals surface area contributed by atoms with Crippen molar-refractivity contribution in [3.05, 3.63) is 65.7 Å². The van der Waals surface area contributed by atoms with E-state index in [-0.39, 0.29) is 17.9 Å². The van der Waals surface area contributed by atoms with E-state index in [1.807, 2.05) is 82.3 Å². The molecule has 2 amide bonds. The lowest BCUT2D eigenvalue weighted by Crippen LogP contribution is -2.51. The lowest BCUT2D eigenvalue weighted by molar-refractivity contribution is -0.139. The average molecular weight is 399 g/mol. The van der Waals surface area contributed by atoms with Crippen LogP contribution >= 0.6 is 11.8 Å². The number of aryl methyl sites for hydroxylation is 1. The van der Waals surface area contributed by atoms with Gasteiger partial charge in [0.1, 0.15) is 6.04 Å². The number of thioether (sulfide) groups is 1. The van der Waals surface area contributed by atoms with Crippen LogP contribution in [-0.4, -0.2) is 34.6 Å². The molecule has 1 atom stereocenters. The van der Waals surface area contributed by atoms with Crippen molar-refractivity contribution >= 4 is 23.6 Å². The molecule has 0 spiro atoms. The Hall–Kier alpha value is -2.27. The highest BCUT2D eigenvalue weighted by atomic mass is 32.2. The summed E-state index contributed by atoms with van der Waals surface area (Å²) in [5.41, 5.74) is 2.19. The number of hydrogen-bond donors (Lipinski definition) is 1. The molecule has 28 heavy (non-hydrogen) atoms. The van der Waals surface area contributed by atoms with Gasteiger partial charge in [-0.1, -0.05) is 49.4 Å². The molecule has 0 aliphatic heterocycles. The summed E-state index contributed by atoms with van der Waals surface area (Å²) in [6.45, 7) is 8.29. The summed E-state index contributed by atoms with van der Waals surface area (Å²) >= 11 is 1.50. The molecule has 2 rings (SSSR count). The van der Waals surface area contributed by atoms with Gasteiger partial charge in [0, 0.05) is 17.5 Å². The fraction of sp³-hybridized carbons (Fsp3) is 0.391. The number of amides is 2. The first-order chi connectivity index (χ1) is 13.4. The Morgan fingerprint density at radius 1 is 1.04 bits per heavy atom. The van der Waals surface area contributed by atoms with Gasteiger partial charge in [0.05, 0.1) is 5.75 Å². The van der Waals surface area contributed by atoms with E-state index < -0.39 is 6.04 Å².